The van der Waals surface area contributed by atoms with Crippen molar-refractivity contribution in [3.8, 4) is 22.4 Å². The molecular formula is C48H58N8O6. The molecule has 0 bridgehead atoms. The van der Waals surface area contributed by atoms with Crippen LogP contribution in [0.1, 0.15) is 108 Å². The number of carbonyl (C=O) groups is 4. The lowest BCUT2D eigenvalue weighted by molar-refractivity contribution is -0.140. The van der Waals surface area contributed by atoms with Gasteiger partial charge in [0.15, 0.2) is 0 Å². The smallest absolute Gasteiger partial charge is 0.407 e. The second-order valence-corrected chi connectivity index (χ2v) is 18.6. The number of methoxy groups -OCH3 is 2. The van der Waals surface area contributed by atoms with Crippen molar-refractivity contribution in [1.29, 1.82) is 0 Å². The zero-order valence-electron chi connectivity index (χ0n) is 36.6. The van der Waals surface area contributed by atoms with Gasteiger partial charge < -0.3 is 39.9 Å². The minimum atomic E-state index is -0.694. The summed E-state index contributed by atoms with van der Waals surface area (Å²) in [6.07, 6.45) is 9.46. The summed E-state index contributed by atoms with van der Waals surface area (Å²) in [4.78, 5) is 73.4. The minimum Gasteiger partial charge on any atom is -0.453 e. The fourth-order valence-corrected chi connectivity index (χ4v) is 10.3. The molecule has 14 heteroatoms. The zero-order chi connectivity index (χ0) is 43.4. The van der Waals surface area contributed by atoms with Crippen molar-refractivity contribution in [3.63, 3.8) is 0 Å². The second-order valence-electron chi connectivity index (χ2n) is 18.6. The van der Waals surface area contributed by atoms with Crippen LogP contribution in [0.5, 0.6) is 0 Å². The Kier molecular flexibility index (Phi) is 11.0. The standard InChI is InChI=1S/C48H58N8O6/c1-26(2)39(53-46(59)61-5)44(57)55-22-8-11-37(55)43-50-35-17-13-29-23-28(12-14-31(29)41(35)52-43)30-15-16-34(33-10-7-9-32(30)33)36-24-49-42(51-36)38-18-19-48(20-21-48)25-56(38)45(58)40(27(3)4)54-47(60)62-6/h12-17,23-24,26-27,37-40H,7-11,18-22,25H2,1-6H3,(H,49,51)(H,50,52)(H,53,59)(H,54,60)/t37-,38-,39-,40-/m0/s1. The largest absolute Gasteiger partial charge is 0.453 e. The molecule has 4 N–H and O–H groups in total. The molecule has 5 aromatic rings. The number of imidazole rings is 2. The van der Waals surface area contributed by atoms with Crippen LogP contribution in [-0.2, 0) is 31.9 Å². The Bertz CT molecular complexity index is 2550. The number of hydrogen-bond acceptors (Lipinski definition) is 8. The number of ether oxygens (including phenoxy) is 2. The molecule has 0 radical (unpaired) electrons. The van der Waals surface area contributed by atoms with E-state index in [2.05, 4.69) is 63.1 Å². The lowest BCUT2D eigenvalue weighted by Crippen LogP contribution is -2.54. The van der Waals surface area contributed by atoms with Crippen LogP contribution in [-0.4, -0.2) is 93.1 Å². The lowest BCUT2D eigenvalue weighted by Gasteiger charge is -2.41. The summed E-state index contributed by atoms with van der Waals surface area (Å²) in [6, 6.07) is 13.4. The summed E-state index contributed by atoms with van der Waals surface area (Å²) >= 11 is 0. The average molecular weight is 843 g/mol. The lowest BCUT2D eigenvalue weighted by atomic mass is 9.88. The quantitative estimate of drug-likeness (QED) is 0.109. The fraction of sp³-hybridized carbons (Fsp3) is 0.500. The van der Waals surface area contributed by atoms with E-state index in [-0.39, 0.29) is 41.1 Å². The molecule has 4 aliphatic rings. The predicted octanol–water partition coefficient (Wildman–Crippen LogP) is 8.13. The number of H-pyrrole nitrogens is 2. The summed E-state index contributed by atoms with van der Waals surface area (Å²) < 4.78 is 9.69. The van der Waals surface area contributed by atoms with Crippen LogP contribution in [0.25, 0.3) is 44.2 Å². The van der Waals surface area contributed by atoms with E-state index in [9.17, 15) is 19.2 Å². The second kappa shape index (κ2) is 16.4. The van der Waals surface area contributed by atoms with Crippen molar-refractivity contribution in [3.05, 3.63) is 71.4 Å². The molecule has 1 saturated carbocycles. The highest BCUT2D eigenvalue weighted by molar-refractivity contribution is 6.05. The molecule has 2 aromatic heterocycles. The maximum Gasteiger partial charge on any atom is 0.407 e. The Morgan fingerprint density at radius 2 is 1.42 bits per heavy atom. The van der Waals surface area contributed by atoms with Gasteiger partial charge in [0.05, 0.1) is 49.2 Å². The molecule has 4 amide bonds. The number of hydrogen-bond donors (Lipinski definition) is 4. The van der Waals surface area contributed by atoms with Gasteiger partial charge in [0.2, 0.25) is 11.8 Å². The number of fused-ring (bicyclic) bond motifs is 4. The number of rotatable bonds is 10. The number of benzene rings is 3. The zero-order valence-corrected chi connectivity index (χ0v) is 36.6. The van der Waals surface area contributed by atoms with E-state index in [1.807, 2.05) is 43.7 Å². The third kappa shape index (κ3) is 7.55. The molecule has 0 unspecified atom stereocenters. The van der Waals surface area contributed by atoms with E-state index in [0.29, 0.717) is 13.1 Å². The first-order chi connectivity index (χ1) is 29.9. The molecular weight excluding hydrogens is 785 g/mol. The Morgan fingerprint density at radius 3 is 2.10 bits per heavy atom. The molecule has 14 nitrogen and oxygen atoms in total. The van der Waals surface area contributed by atoms with Crippen molar-refractivity contribution in [2.45, 2.75) is 110 Å². The topological polar surface area (TPSA) is 175 Å². The van der Waals surface area contributed by atoms with Gasteiger partial charge in [-0.25, -0.2) is 19.6 Å². The maximum atomic E-state index is 14.2. The van der Waals surface area contributed by atoms with Gasteiger partial charge in [0, 0.05) is 24.0 Å². The van der Waals surface area contributed by atoms with Crippen LogP contribution < -0.4 is 10.6 Å². The number of nitrogens with one attached hydrogen (secondary N) is 4. The number of carbonyl (C=O) groups excluding carboxylic acids is 4. The van der Waals surface area contributed by atoms with E-state index < -0.39 is 24.3 Å². The third-order valence-corrected chi connectivity index (χ3v) is 14.0. The summed E-state index contributed by atoms with van der Waals surface area (Å²) in [6.45, 7) is 8.98. The van der Waals surface area contributed by atoms with Crippen LogP contribution in [0, 0.1) is 17.3 Å². The molecule has 62 heavy (non-hydrogen) atoms. The molecule has 2 aliphatic carbocycles. The van der Waals surface area contributed by atoms with E-state index in [1.165, 1.54) is 30.9 Å². The number of piperidine rings is 1. The van der Waals surface area contributed by atoms with E-state index >= 15 is 0 Å². The summed E-state index contributed by atoms with van der Waals surface area (Å²) in [5, 5.41) is 7.66. The van der Waals surface area contributed by atoms with E-state index in [1.54, 1.807) is 0 Å². The van der Waals surface area contributed by atoms with Gasteiger partial charge in [-0.05, 0) is 115 Å². The highest BCUT2D eigenvalue weighted by atomic mass is 16.5. The summed E-state index contributed by atoms with van der Waals surface area (Å²) in [7, 11) is 2.62. The molecule has 2 saturated heterocycles. The number of alkyl carbamates (subject to hydrolysis) is 2. The molecule has 4 atom stereocenters. The average Bonchev–Trinajstić information content (AvgIpc) is 3.86. The number of aromatic nitrogens is 4. The van der Waals surface area contributed by atoms with Gasteiger partial charge in [-0.3, -0.25) is 9.59 Å². The Balaban J connectivity index is 0.976. The van der Waals surface area contributed by atoms with E-state index in [4.69, 9.17) is 19.4 Å². The van der Waals surface area contributed by atoms with Crippen molar-refractivity contribution < 1.29 is 28.7 Å². The normalized spacial score (nSPS) is 20.2. The third-order valence-electron chi connectivity index (χ3n) is 14.0. The van der Waals surface area contributed by atoms with Crippen LogP contribution in [0.3, 0.4) is 0 Å². The molecule has 3 aromatic carbocycles. The van der Waals surface area contributed by atoms with Crippen molar-refractivity contribution in [1.82, 2.24) is 40.4 Å². The first-order valence-corrected chi connectivity index (χ1v) is 22.3. The fourth-order valence-electron chi connectivity index (χ4n) is 10.3. The van der Waals surface area contributed by atoms with Crippen molar-refractivity contribution >= 4 is 45.8 Å². The molecule has 326 valence electrons. The van der Waals surface area contributed by atoms with Gasteiger partial charge in [-0.2, -0.15) is 0 Å². The van der Waals surface area contributed by atoms with Crippen LogP contribution >= 0.6 is 0 Å². The minimum absolute atomic E-state index is 0.0907. The number of aromatic amines is 2. The Labute approximate surface area is 361 Å². The number of nitrogens with zero attached hydrogens (tertiary/aromatic N) is 4. The monoisotopic (exact) mass is 842 g/mol. The van der Waals surface area contributed by atoms with Crippen molar-refractivity contribution in [2.75, 3.05) is 27.3 Å². The van der Waals surface area contributed by atoms with Gasteiger partial charge in [0.1, 0.15) is 23.7 Å². The summed E-state index contributed by atoms with van der Waals surface area (Å²) in [5.41, 5.74) is 9.12. The van der Waals surface area contributed by atoms with Gasteiger partial charge in [-0.15, -0.1) is 0 Å². The number of likely N-dealkylation sites (tertiary alicyclic amines) is 2. The Hall–Kier alpha value is -5.92. The van der Waals surface area contributed by atoms with Crippen LogP contribution in [0.4, 0.5) is 9.59 Å². The molecule has 9 rings (SSSR count). The first-order valence-electron chi connectivity index (χ1n) is 22.3. The van der Waals surface area contributed by atoms with Crippen LogP contribution in [0.15, 0.2) is 48.7 Å². The van der Waals surface area contributed by atoms with Gasteiger partial charge in [0.25, 0.3) is 0 Å². The van der Waals surface area contributed by atoms with Crippen LogP contribution in [0.2, 0.25) is 0 Å². The summed E-state index contributed by atoms with van der Waals surface area (Å²) in [5.74, 6) is 1.10. The van der Waals surface area contributed by atoms with E-state index in [0.717, 1.165) is 108 Å². The molecule has 4 heterocycles. The van der Waals surface area contributed by atoms with Crippen molar-refractivity contribution in [2.24, 2.45) is 17.3 Å². The van der Waals surface area contributed by atoms with Gasteiger partial charge >= 0.3 is 12.2 Å². The SMILES string of the molecule is COC(=O)N[C@H](C(=O)N1CC2(CC[C@H]1c1ncc(-c3ccc(-c4ccc5c(ccc6[nH]c([C@@H]7CCCN7C(=O)[C@@H](NC(=O)OC)C(C)C)nc65)c4)c4c3CCC4)[nH]1)CC2)C(C)C. The molecule has 3 fully saturated rings. The maximum absolute atomic E-state index is 14.2. The predicted molar refractivity (Wildman–Crippen MR) is 236 cm³/mol. The first kappa shape index (κ1) is 41.4. The molecule has 1 spiro atoms. The van der Waals surface area contributed by atoms with Gasteiger partial charge in [-0.1, -0.05) is 58.0 Å². The molecule has 2 aliphatic heterocycles. The number of amides is 4. The Morgan fingerprint density at radius 1 is 0.758 bits per heavy atom. The highest BCUT2D eigenvalue weighted by Gasteiger charge is 2.51. The highest BCUT2D eigenvalue weighted by Crippen LogP contribution is 2.55.